The molecule has 0 amide bonds. The second-order valence-corrected chi connectivity index (χ2v) is 5.38. The summed E-state index contributed by atoms with van der Waals surface area (Å²) in [6, 6.07) is 7.42. The van der Waals surface area contributed by atoms with Crippen LogP contribution in [0.25, 0.3) is 0 Å². The van der Waals surface area contributed by atoms with Crippen molar-refractivity contribution in [3.63, 3.8) is 0 Å². The van der Waals surface area contributed by atoms with Crippen molar-refractivity contribution >= 4 is 27.4 Å². The number of rotatable bonds is 1. The Morgan fingerprint density at radius 1 is 1.38 bits per heavy atom. The number of ketones is 1. The van der Waals surface area contributed by atoms with E-state index in [0.29, 0.717) is 29.7 Å². The van der Waals surface area contributed by atoms with Crippen molar-refractivity contribution in [3.05, 3.63) is 67.4 Å². The molecular weight excluding hydrogens is 562 g/mol. The summed E-state index contributed by atoms with van der Waals surface area (Å²) >= 11 is 3.32. The minimum absolute atomic E-state index is 0. The Labute approximate surface area is 152 Å². The molecule has 3 rings (SSSR count). The Kier molecular flexibility index (Phi) is 4.97. The average Bonchev–Trinajstić information content (AvgIpc) is 2.56. The van der Waals surface area contributed by atoms with E-state index in [2.05, 4.69) is 27.0 Å². The van der Waals surface area contributed by atoms with Crippen LogP contribution in [0, 0.1) is 47.3 Å². The van der Waals surface area contributed by atoms with Gasteiger partial charge in [-0.05, 0) is 34.0 Å². The summed E-state index contributed by atoms with van der Waals surface area (Å²) in [5, 5.41) is 11.1. The SMILES string of the molecule is O=C1c2cc[c-]c([N+](=O)[O-])c2CCc2cc(Br)cnc21.[U]. The van der Waals surface area contributed by atoms with Gasteiger partial charge in [-0.3, -0.25) is 19.9 Å². The predicted molar refractivity (Wildman–Crippen MR) is 74.7 cm³/mol. The first-order valence-corrected chi connectivity index (χ1v) is 6.74. The van der Waals surface area contributed by atoms with Gasteiger partial charge in [-0.25, -0.2) is 0 Å². The summed E-state index contributed by atoms with van der Waals surface area (Å²) in [4.78, 5) is 27.2. The van der Waals surface area contributed by atoms with E-state index in [9.17, 15) is 14.9 Å². The van der Waals surface area contributed by atoms with Crippen LogP contribution in [-0.2, 0) is 12.8 Å². The number of hydrogen-bond acceptors (Lipinski definition) is 4. The Balaban J connectivity index is 0.00000161. The van der Waals surface area contributed by atoms with Crippen LogP contribution in [0.2, 0.25) is 0 Å². The molecular formula is C14H8BrN2O3U-. The summed E-state index contributed by atoms with van der Waals surface area (Å²) in [5.74, 6) is -0.267. The molecule has 0 spiro atoms. The Morgan fingerprint density at radius 3 is 2.86 bits per heavy atom. The molecule has 0 aliphatic heterocycles. The smallest absolute Gasteiger partial charge is 0.188 e. The quantitative estimate of drug-likeness (QED) is 0.301. The molecule has 2 aromatic rings. The Hall–Kier alpha value is -1.03. The average molecular weight is 570 g/mol. The van der Waals surface area contributed by atoms with Crippen LogP contribution in [0.4, 0.5) is 5.69 Å². The summed E-state index contributed by atoms with van der Waals surface area (Å²) < 4.78 is 0.788. The topological polar surface area (TPSA) is 73.1 Å². The molecule has 0 saturated carbocycles. The monoisotopic (exact) mass is 569 g/mol. The molecule has 0 fully saturated rings. The predicted octanol–water partition coefficient (Wildman–Crippen LogP) is 2.88. The number of aromatic nitrogens is 1. The molecule has 1 aliphatic carbocycles. The van der Waals surface area contributed by atoms with Gasteiger partial charge in [0, 0.05) is 46.7 Å². The normalized spacial score (nSPS) is 12.7. The van der Waals surface area contributed by atoms with Gasteiger partial charge < -0.3 is 0 Å². The number of nitro groups is 1. The maximum absolute atomic E-state index is 12.5. The second-order valence-electron chi connectivity index (χ2n) is 4.47. The van der Waals surface area contributed by atoms with Gasteiger partial charge in [-0.2, -0.15) is 12.1 Å². The fourth-order valence-electron chi connectivity index (χ4n) is 2.41. The van der Waals surface area contributed by atoms with Gasteiger partial charge in [-0.15, -0.1) is 6.07 Å². The van der Waals surface area contributed by atoms with Gasteiger partial charge in [0.25, 0.3) is 0 Å². The van der Waals surface area contributed by atoms with E-state index in [1.807, 2.05) is 6.07 Å². The summed E-state index contributed by atoms with van der Waals surface area (Å²) in [7, 11) is 0. The van der Waals surface area contributed by atoms with E-state index in [1.165, 1.54) is 6.07 Å². The van der Waals surface area contributed by atoms with Crippen molar-refractivity contribution in [1.29, 1.82) is 0 Å². The molecule has 1 aromatic heterocycles. The maximum Gasteiger partial charge on any atom is 0.188 e. The van der Waals surface area contributed by atoms with E-state index < -0.39 is 4.92 Å². The van der Waals surface area contributed by atoms with Gasteiger partial charge in [0.05, 0.1) is 0 Å². The molecule has 0 N–H and O–H groups in total. The number of fused-ring (bicyclic) bond motifs is 2. The number of aryl methyl sites for hydroxylation is 1. The van der Waals surface area contributed by atoms with Crippen LogP contribution in [0.5, 0.6) is 0 Å². The molecule has 104 valence electrons. The third kappa shape index (κ3) is 2.96. The van der Waals surface area contributed by atoms with Crippen LogP contribution >= 0.6 is 15.9 Å². The van der Waals surface area contributed by atoms with E-state index in [1.54, 1.807) is 12.3 Å². The number of carbonyl (C=O) groups is 1. The van der Waals surface area contributed by atoms with Crippen LogP contribution < -0.4 is 0 Å². The number of nitrogens with zero attached hydrogens (tertiary/aromatic N) is 2. The van der Waals surface area contributed by atoms with E-state index in [4.69, 9.17) is 0 Å². The van der Waals surface area contributed by atoms with Gasteiger partial charge in [0.2, 0.25) is 0 Å². The number of carbonyl (C=O) groups excluding carboxylic acids is 1. The first kappa shape index (κ1) is 16.3. The standard InChI is InChI=1S/C14H8BrN2O3.U/c15-9-6-8-4-5-10-11(14(18)13(8)16-7-9)2-1-3-12(10)17(19)20;/h1-2,6-7H,4-5H2;/q-1;. The third-order valence-electron chi connectivity index (χ3n) is 3.30. The molecule has 0 bridgehead atoms. The maximum atomic E-state index is 12.5. The van der Waals surface area contributed by atoms with E-state index >= 15 is 0 Å². The molecule has 1 heterocycles. The van der Waals surface area contributed by atoms with Crippen molar-refractivity contribution in [3.8, 4) is 0 Å². The van der Waals surface area contributed by atoms with Crippen molar-refractivity contribution in [2.75, 3.05) is 0 Å². The molecule has 21 heavy (non-hydrogen) atoms. The zero-order valence-electron chi connectivity index (χ0n) is 10.7. The third-order valence-corrected chi connectivity index (χ3v) is 3.73. The summed E-state index contributed by atoms with van der Waals surface area (Å²) in [5.41, 5.74) is 1.84. The molecule has 0 atom stereocenters. The molecule has 0 unspecified atom stereocenters. The van der Waals surface area contributed by atoms with Crippen molar-refractivity contribution < 1.29 is 40.8 Å². The molecule has 1 aliphatic rings. The number of halogens is 1. The first-order chi connectivity index (χ1) is 9.58. The van der Waals surface area contributed by atoms with Crippen LogP contribution in [0.1, 0.15) is 27.2 Å². The van der Waals surface area contributed by atoms with Crippen molar-refractivity contribution in [1.82, 2.24) is 4.98 Å². The van der Waals surface area contributed by atoms with Crippen LogP contribution in [0.3, 0.4) is 0 Å². The zero-order chi connectivity index (χ0) is 14.3. The Morgan fingerprint density at radius 2 is 2.14 bits per heavy atom. The van der Waals surface area contributed by atoms with Crippen molar-refractivity contribution in [2.45, 2.75) is 12.8 Å². The first-order valence-electron chi connectivity index (χ1n) is 5.95. The summed E-state index contributed by atoms with van der Waals surface area (Å²) in [6.07, 6.45) is 2.53. The largest absolute Gasteiger partial charge is 0.289 e. The number of pyridine rings is 1. The minimum Gasteiger partial charge on any atom is -0.289 e. The van der Waals surface area contributed by atoms with E-state index in [0.717, 1.165) is 10.0 Å². The number of nitro benzene ring substituents is 1. The molecule has 5 nitrogen and oxygen atoms in total. The van der Waals surface area contributed by atoms with Crippen LogP contribution in [-0.4, -0.2) is 15.7 Å². The van der Waals surface area contributed by atoms with Gasteiger partial charge in [0.15, 0.2) is 11.5 Å². The second kappa shape index (κ2) is 6.39. The zero-order valence-corrected chi connectivity index (χ0v) is 16.5. The number of benzene rings is 1. The summed E-state index contributed by atoms with van der Waals surface area (Å²) in [6.45, 7) is 0. The van der Waals surface area contributed by atoms with Gasteiger partial charge in [-0.1, -0.05) is 17.5 Å². The van der Waals surface area contributed by atoms with Crippen LogP contribution in [0.15, 0.2) is 28.9 Å². The molecule has 7 heteroatoms. The minimum atomic E-state index is -0.495. The molecule has 0 radical (unpaired) electrons. The number of hydrogen-bond donors (Lipinski definition) is 0. The fourth-order valence-corrected chi connectivity index (χ4v) is 2.79. The fraction of sp³-hybridized carbons (Fsp3) is 0.143. The van der Waals surface area contributed by atoms with Crippen molar-refractivity contribution in [2.24, 2.45) is 0 Å². The van der Waals surface area contributed by atoms with Gasteiger partial charge >= 0.3 is 0 Å². The Bertz CT molecular complexity index is 749. The van der Waals surface area contributed by atoms with Gasteiger partial charge in [0.1, 0.15) is 5.69 Å². The molecule has 1 aromatic carbocycles. The van der Waals surface area contributed by atoms with E-state index in [-0.39, 0.29) is 42.6 Å². The molecule has 0 saturated heterocycles.